The molecule has 0 atom stereocenters. The van der Waals surface area contributed by atoms with Gasteiger partial charge in [-0.2, -0.15) is 0 Å². The highest BCUT2D eigenvalue weighted by atomic mass is 16.3. The summed E-state index contributed by atoms with van der Waals surface area (Å²) in [6.45, 7) is 2.17. The Labute approximate surface area is 90.6 Å². The van der Waals surface area contributed by atoms with Crippen molar-refractivity contribution in [2.45, 2.75) is 39.0 Å². The van der Waals surface area contributed by atoms with Gasteiger partial charge in [0.05, 0.1) is 0 Å². The van der Waals surface area contributed by atoms with Crippen LogP contribution in [-0.4, -0.2) is 16.8 Å². The van der Waals surface area contributed by atoms with E-state index >= 15 is 0 Å². The van der Waals surface area contributed by atoms with Crippen molar-refractivity contribution in [2.24, 2.45) is 0 Å². The lowest BCUT2D eigenvalue weighted by molar-refractivity contribution is 0.297. The average molecular weight is 206 g/mol. The molecule has 15 heavy (non-hydrogen) atoms. The number of aliphatic hydroxyl groups is 1. The van der Waals surface area contributed by atoms with E-state index in [2.05, 4.69) is 6.92 Å². The molecule has 0 radical (unpaired) electrons. The van der Waals surface area contributed by atoms with E-state index in [4.69, 9.17) is 5.11 Å². The maximum atomic E-state index is 9.87. The summed E-state index contributed by atoms with van der Waals surface area (Å²) in [6.07, 6.45) is 5.25. The number of aryl methyl sites for hydroxylation is 1. The largest absolute Gasteiger partial charge is 0.508 e. The van der Waals surface area contributed by atoms with Crippen molar-refractivity contribution in [1.82, 2.24) is 0 Å². The fourth-order valence-electron chi connectivity index (χ4n) is 2.57. The van der Waals surface area contributed by atoms with Gasteiger partial charge >= 0.3 is 0 Å². The van der Waals surface area contributed by atoms with Crippen LogP contribution in [0.4, 0.5) is 0 Å². The Morgan fingerprint density at radius 1 is 1.27 bits per heavy atom. The Bertz CT molecular complexity index is 369. The Morgan fingerprint density at radius 3 is 2.73 bits per heavy atom. The van der Waals surface area contributed by atoms with Gasteiger partial charge in [0.15, 0.2) is 0 Å². The second-order valence-corrected chi connectivity index (χ2v) is 4.32. The third kappa shape index (κ3) is 1.86. The third-order valence-corrected chi connectivity index (χ3v) is 3.40. The fourth-order valence-corrected chi connectivity index (χ4v) is 2.57. The normalized spacial score (nSPS) is 15.1. The van der Waals surface area contributed by atoms with Gasteiger partial charge < -0.3 is 10.2 Å². The molecule has 0 heterocycles. The van der Waals surface area contributed by atoms with Crippen molar-refractivity contribution in [3.63, 3.8) is 0 Å². The minimum absolute atomic E-state index is 0.104. The molecular weight excluding hydrogens is 188 g/mol. The summed E-state index contributed by atoms with van der Waals surface area (Å²) in [6, 6.07) is 1.90. The maximum absolute atomic E-state index is 9.87. The van der Waals surface area contributed by atoms with Crippen molar-refractivity contribution in [2.75, 3.05) is 6.61 Å². The number of aromatic hydroxyl groups is 1. The van der Waals surface area contributed by atoms with E-state index in [0.717, 1.165) is 18.4 Å². The molecule has 0 aliphatic heterocycles. The van der Waals surface area contributed by atoms with Crippen LogP contribution in [0.25, 0.3) is 0 Å². The third-order valence-electron chi connectivity index (χ3n) is 3.40. The van der Waals surface area contributed by atoms with Crippen LogP contribution in [0.1, 0.15) is 35.1 Å². The smallest absolute Gasteiger partial charge is 0.119 e. The molecule has 0 unspecified atom stereocenters. The van der Waals surface area contributed by atoms with Crippen LogP contribution in [-0.2, 0) is 19.3 Å². The molecule has 1 aliphatic carbocycles. The Hall–Kier alpha value is -1.02. The van der Waals surface area contributed by atoms with Crippen molar-refractivity contribution >= 4 is 0 Å². The first-order valence-electron chi connectivity index (χ1n) is 5.68. The number of hydrogen-bond donors (Lipinski definition) is 2. The van der Waals surface area contributed by atoms with Crippen molar-refractivity contribution < 1.29 is 10.2 Å². The van der Waals surface area contributed by atoms with Gasteiger partial charge in [-0.25, -0.2) is 0 Å². The zero-order valence-corrected chi connectivity index (χ0v) is 9.21. The monoisotopic (exact) mass is 206 g/mol. The van der Waals surface area contributed by atoms with Crippen LogP contribution < -0.4 is 0 Å². The summed E-state index contributed by atoms with van der Waals surface area (Å²) in [5.41, 5.74) is 4.83. The molecule has 1 aliphatic rings. The van der Waals surface area contributed by atoms with Gasteiger partial charge in [0.1, 0.15) is 5.75 Å². The van der Waals surface area contributed by atoms with E-state index in [1.807, 2.05) is 6.07 Å². The summed E-state index contributed by atoms with van der Waals surface area (Å²) >= 11 is 0. The van der Waals surface area contributed by atoms with E-state index in [9.17, 15) is 5.11 Å². The van der Waals surface area contributed by atoms with Gasteiger partial charge in [0.25, 0.3) is 0 Å². The number of phenolic OH excluding ortho intramolecular Hbond substituents is 1. The highest BCUT2D eigenvalue weighted by molar-refractivity contribution is 5.49. The van der Waals surface area contributed by atoms with E-state index < -0.39 is 0 Å². The Morgan fingerprint density at radius 2 is 2.00 bits per heavy atom. The van der Waals surface area contributed by atoms with E-state index in [-0.39, 0.29) is 6.61 Å². The van der Waals surface area contributed by atoms with Crippen LogP contribution in [0, 0.1) is 6.92 Å². The van der Waals surface area contributed by atoms with Crippen LogP contribution >= 0.6 is 0 Å². The minimum atomic E-state index is 0.104. The lowest BCUT2D eigenvalue weighted by Crippen LogP contribution is -2.08. The molecule has 2 rings (SSSR count). The molecule has 0 saturated carbocycles. The zero-order chi connectivity index (χ0) is 10.8. The minimum Gasteiger partial charge on any atom is -0.508 e. The van der Waals surface area contributed by atoms with Crippen LogP contribution in [0.3, 0.4) is 0 Å². The van der Waals surface area contributed by atoms with Crippen LogP contribution in [0.15, 0.2) is 6.07 Å². The number of rotatable bonds is 2. The lowest BCUT2D eigenvalue weighted by atomic mass is 9.85. The number of benzene rings is 1. The predicted octanol–water partition coefficient (Wildman–Crippen LogP) is 2.11. The maximum Gasteiger partial charge on any atom is 0.119 e. The SMILES string of the molecule is Cc1c(CCO)c(O)cc2c1CCCC2. The topological polar surface area (TPSA) is 40.5 Å². The van der Waals surface area contributed by atoms with E-state index in [1.54, 1.807) is 0 Å². The average Bonchev–Trinajstić information content (AvgIpc) is 2.24. The van der Waals surface area contributed by atoms with Crippen LogP contribution in [0.2, 0.25) is 0 Å². The predicted molar refractivity (Wildman–Crippen MR) is 60.3 cm³/mol. The molecule has 1 aromatic carbocycles. The second-order valence-electron chi connectivity index (χ2n) is 4.32. The summed E-state index contributed by atoms with van der Waals surface area (Å²) < 4.78 is 0. The van der Waals surface area contributed by atoms with Crippen molar-refractivity contribution in [3.05, 3.63) is 28.3 Å². The summed E-state index contributed by atoms with van der Waals surface area (Å²) in [4.78, 5) is 0. The molecule has 1 aromatic rings. The van der Waals surface area contributed by atoms with Gasteiger partial charge in [-0.1, -0.05) is 0 Å². The van der Waals surface area contributed by atoms with Crippen molar-refractivity contribution in [1.29, 1.82) is 0 Å². The standard InChI is InChI=1S/C13H18O2/c1-9-11-5-3-2-4-10(11)8-13(15)12(9)6-7-14/h8,14-15H,2-7H2,1H3. The fraction of sp³-hybridized carbons (Fsp3) is 0.538. The highest BCUT2D eigenvalue weighted by Crippen LogP contribution is 2.32. The molecule has 2 nitrogen and oxygen atoms in total. The summed E-state index contributed by atoms with van der Waals surface area (Å²) in [5.74, 6) is 0.363. The first kappa shape index (κ1) is 10.5. The van der Waals surface area contributed by atoms with Gasteiger partial charge in [-0.15, -0.1) is 0 Å². The molecule has 0 amide bonds. The zero-order valence-electron chi connectivity index (χ0n) is 9.21. The first-order chi connectivity index (χ1) is 7.24. The Kier molecular flexibility index (Phi) is 2.96. The number of hydrogen-bond acceptors (Lipinski definition) is 2. The molecule has 0 spiro atoms. The van der Waals surface area contributed by atoms with E-state index in [0.29, 0.717) is 12.2 Å². The quantitative estimate of drug-likeness (QED) is 0.778. The summed E-state index contributed by atoms with van der Waals surface area (Å²) in [7, 11) is 0. The first-order valence-corrected chi connectivity index (χ1v) is 5.68. The molecule has 0 aromatic heterocycles. The van der Waals surface area contributed by atoms with Crippen LogP contribution in [0.5, 0.6) is 5.75 Å². The molecule has 82 valence electrons. The molecule has 0 saturated heterocycles. The lowest BCUT2D eigenvalue weighted by Gasteiger charge is -2.21. The van der Waals surface area contributed by atoms with E-state index in [1.165, 1.54) is 29.5 Å². The summed E-state index contributed by atoms with van der Waals surface area (Å²) in [5, 5.41) is 18.8. The molecular formula is C13H18O2. The van der Waals surface area contributed by atoms with Gasteiger partial charge in [0, 0.05) is 6.61 Å². The van der Waals surface area contributed by atoms with Gasteiger partial charge in [-0.05, 0) is 67.3 Å². The molecule has 0 bridgehead atoms. The Balaban J connectivity index is 2.49. The number of phenols is 1. The highest BCUT2D eigenvalue weighted by Gasteiger charge is 2.16. The molecule has 2 N–H and O–H groups in total. The number of fused-ring (bicyclic) bond motifs is 1. The number of aliphatic hydroxyl groups excluding tert-OH is 1. The molecule has 0 fully saturated rings. The van der Waals surface area contributed by atoms with Crippen molar-refractivity contribution in [3.8, 4) is 5.75 Å². The van der Waals surface area contributed by atoms with Gasteiger partial charge in [-0.3, -0.25) is 0 Å². The molecule has 2 heteroatoms. The van der Waals surface area contributed by atoms with Gasteiger partial charge in [0.2, 0.25) is 0 Å². The second kappa shape index (κ2) is 4.23.